The van der Waals surface area contributed by atoms with Crippen LogP contribution in [0.5, 0.6) is 0 Å². The number of hydrogen-bond acceptors (Lipinski definition) is 0. The van der Waals surface area contributed by atoms with Crippen LogP contribution in [0, 0.1) is 17.8 Å². The molecule has 3 unspecified atom stereocenters. The lowest BCUT2D eigenvalue weighted by atomic mass is 9.75. The van der Waals surface area contributed by atoms with Gasteiger partial charge >= 0.3 is 0 Å². The summed E-state index contributed by atoms with van der Waals surface area (Å²) in [7, 11) is 0. The summed E-state index contributed by atoms with van der Waals surface area (Å²) in [5.74, 6) is 6.00. The molecule has 2 fully saturated rings. The molecule has 0 amide bonds. The predicted octanol–water partition coefficient (Wildman–Crippen LogP) is 3.18. The van der Waals surface area contributed by atoms with Gasteiger partial charge in [0.2, 0.25) is 0 Å². The molecule has 0 nitrogen and oxygen atoms in total. The summed E-state index contributed by atoms with van der Waals surface area (Å²) in [4.78, 5) is 0. The summed E-state index contributed by atoms with van der Waals surface area (Å²) in [5, 5.41) is 3.35. The first-order valence-corrected chi connectivity index (χ1v) is 8.06. The minimum atomic E-state index is -0.199. The highest BCUT2D eigenvalue weighted by Crippen LogP contribution is 2.45. The number of hydrogen-bond donors (Lipinski definition) is 0. The van der Waals surface area contributed by atoms with Crippen molar-refractivity contribution in [1.29, 1.82) is 0 Å². The standard InChI is InChI=1S/C9H16.CH3.Al/c1-7-5-4-6-8(2)9(7)3;;/h7-9H,1,3-6H2,2H3;1H3;. The second kappa shape index (κ2) is 3.11. The highest BCUT2D eigenvalue weighted by Gasteiger charge is 2.39. The lowest BCUT2D eigenvalue weighted by Gasteiger charge is -2.32. The summed E-state index contributed by atoms with van der Waals surface area (Å²) in [6.07, 6.45) is 4.64. The average molecular weight is 166 g/mol. The Morgan fingerprint density at radius 1 is 1.18 bits per heavy atom. The van der Waals surface area contributed by atoms with Gasteiger partial charge in [0.15, 0.2) is 0 Å². The molecule has 1 saturated heterocycles. The average Bonchev–Trinajstić information content (AvgIpc) is 2.31. The SMILES string of the molecule is CC1CCCC2[CH2][Al]([CH3])[CH2]C12. The highest BCUT2D eigenvalue weighted by molar-refractivity contribution is 6.58. The van der Waals surface area contributed by atoms with Crippen LogP contribution in [-0.2, 0) is 0 Å². The van der Waals surface area contributed by atoms with Crippen molar-refractivity contribution in [2.24, 2.45) is 17.8 Å². The van der Waals surface area contributed by atoms with Gasteiger partial charge in [-0.05, 0) is 11.8 Å². The van der Waals surface area contributed by atoms with Crippen LogP contribution in [0.15, 0.2) is 0 Å². The molecule has 0 N–H and O–H groups in total. The molecule has 1 aliphatic carbocycles. The second-order valence-electron chi connectivity index (χ2n) is 4.91. The molecule has 11 heavy (non-hydrogen) atoms. The predicted molar refractivity (Wildman–Crippen MR) is 51.2 cm³/mol. The second-order valence-corrected chi connectivity index (χ2v) is 8.06. The van der Waals surface area contributed by atoms with Crippen molar-refractivity contribution in [2.45, 2.75) is 42.5 Å². The van der Waals surface area contributed by atoms with E-state index in [1.54, 1.807) is 17.0 Å². The van der Waals surface area contributed by atoms with E-state index in [4.69, 9.17) is 0 Å². The summed E-state index contributed by atoms with van der Waals surface area (Å²) in [6, 6.07) is 0. The molecule has 2 aliphatic rings. The summed E-state index contributed by atoms with van der Waals surface area (Å²) in [6.45, 7) is 2.49. The van der Waals surface area contributed by atoms with Crippen molar-refractivity contribution in [1.82, 2.24) is 0 Å². The van der Waals surface area contributed by atoms with Gasteiger partial charge in [-0.1, -0.05) is 42.7 Å². The zero-order valence-electron chi connectivity index (χ0n) is 7.84. The molecule has 1 aliphatic heterocycles. The molecule has 1 heterocycles. The van der Waals surface area contributed by atoms with Gasteiger partial charge in [-0.2, -0.15) is 0 Å². The van der Waals surface area contributed by atoms with E-state index in [-0.39, 0.29) is 14.1 Å². The molecular weight excluding hydrogens is 147 g/mol. The van der Waals surface area contributed by atoms with Crippen molar-refractivity contribution < 1.29 is 0 Å². The molecule has 0 spiro atoms. The molecule has 0 aromatic rings. The van der Waals surface area contributed by atoms with E-state index in [2.05, 4.69) is 12.7 Å². The zero-order chi connectivity index (χ0) is 7.84. The molecule has 62 valence electrons. The van der Waals surface area contributed by atoms with Crippen molar-refractivity contribution in [2.75, 3.05) is 0 Å². The van der Waals surface area contributed by atoms with E-state index >= 15 is 0 Å². The van der Waals surface area contributed by atoms with Crippen LogP contribution < -0.4 is 0 Å². The van der Waals surface area contributed by atoms with Gasteiger partial charge in [-0.15, -0.1) is 5.79 Å². The van der Waals surface area contributed by atoms with Gasteiger partial charge in [0.25, 0.3) is 14.1 Å². The van der Waals surface area contributed by atoms with Crippen LogP contribution in [0.1, 0.15) is 26.2 Å². The summed E-state index contributed by atoms with van der Waals surface area (Å²) in [5.41, 5.74) is 0. The monoisotopic (exact) mass is 166 g/mol. The van der Waals surface area contributed by atoms with Crippen LogP contribution in [0.3, 0.4) is 0 Å². The number of fused-ring (bicyclic) bond motifs is 1. The van der Waals surface area contributed by atoms with Crippen molar-refractivity contribution in [3.8, 4) is 0 Å². The molecule has 0 aromatic heterocycles. The Morgan fingerprint density at radius 2 is 2.00 bits per heavy atom. The minimum Gasteiger partial charge on any atom is -0.106 e. The third kappa shape index (κ3) is 1.51. The van der Waals surface area contributed by atoms with Crippen molar-refractivity contribution in [3.63, 3.8) is 0 Å². The van der Waals surface area contributed by atoms with E-state index in [0.717, 1.165) is 5.92 Å². The molecular formula is C10H19Al. The van der Waals surface area contributed by atoms with Gasteiger partial charge in [0, 0.05) is 0 Å². The van der Waals surface area contributed by atoms with Crippen LogP contribution in [0.4, 0.5) is 0 Å². The normalized spacial score (nSPS) is 44.2. The fraction of sp³-hybridized carbons (Fsp3) is 1.00. The van der Waals surface area contributed by atoms with Crippen LogP contribution >= 0.6 is 0 Å². The Labute approximate surface area is 74.8 Å². The maximum atomic E-state index is 2.57. The fourth-order valence-corrected chi connectivity index (χ4v) is 6.98. The fourth-order valence-electron chi connectivity index (χ4n) is 3.39. The Morgan fingerprint density at radius 3 is 2.73 bits per heavy atom. The van der Waals surface area contributed by atoms with Crippen LogP contribution in [0.2, 0.25) is 16.4 Å². The molecule has 0 bridgehead atoms. The highest BCUT2D eigenvalue weighted by atomic mass is 27.2. The molecule has 2 rings (SSSR count). The van der Waals surface area contributed by atoms with Gasteiger partial charge < -0.3 is 0 Å². The maximum absolute atomic E-state index is 2.57. The van der Waals surface area contributed by atoms with Crippen LogP contribution in [0.25, 0.3) is 0 Å². The third-order valence-corrected chi connectivity index (χ3v) is 6.71. The van der Waals surface area contributed by atoms with Gasteiger partial charge in [0.05, 0.1) is 0 Å². The smallest absolute Gasteiger partial charge is 0.106 e. The lowest BCUT2D eigenvalue weighted by molar-refractivity contribution is 0.211. The first-order valence-electron chi connectivity index (χ1n) is 5.27. The topological polar surface area (TPSA) is 0 Å². The Balaban J connectivity index is 2.03. The van der Waals surface area contributed by atoms with Crippen molar-refractivity contribution in [3.05, 3.63) is 0 Å². The summed E-state index contributed by atoms with van der Waals surface area (Å²) < 4.78 is 0. The molecule has 0 aromatic carbocycles. The lowest BCUT2D eigenvalue weighted by Crippen LogP contribution is -2.20. The minimum absolute atomic E-state index is 0.199. The van der Waals surface area contributed by atoms with Gasteiger partial charge in [-0.3, -0.25) is 0 Å². The first-order chi connectivity index (χ1) is 5.27. The van der Waals surface area contributed by atoms with E-state index < -0.39 is 0 Å². The zero-order valence-corrected chi connectivity index (χ0v) is 9.00. The van der Waals surface area contributed by atoms with E-state index in [1.165, 1.54) is 24.7 Å². The van der Waals surface area contributed by atoms with E-state index in [0.29, 0.717) is 0 Å². The third-order valence-electron chi connectivity index (χ3n) is 3.95. The quantitative estimate of drug-likeness (QED) is 0.485. The summed E-state index contributed by atoms with van der Waals surface area (Å²) >= 11 is -0.199. The van der Waals surface area contributed by atoms with Crippen LogP contribution in [-0.4, -0.2) is 14.1 Å². The maximum Gasteiger partial charge on any atom is 0.259 e. The van der Waals surface area contributed by atoms with E-state index in [9.17, 15) is 0 Å². The van der Waals surface area contributed by atoms with Gasteiger partial charge in [-0.25, -0.2) is 0 Å². The molecule has 1 saturated carbocycles. The Bertz CT molecular complexity index is 144. The molecule has 3 atom stereocenters. The number of rotatable bonds is 0. The molecule has 0 radical (unpaired) electrons. The first kappa shape index (κ1) is 8.15. The van der Waals surface area contributed by atoms with Crippen molar-refractivity contribution >= 4 is 14.1 Å². The van der Waals surface area contributed by atoms with Gasteiger partial charge in [0.1, 0.15) is 0 Å². The Hall–Kier alpha value is 0.532. The Kier molecular flexibility index (Phi) is 2.31. The molecule has 1 heteroatoms. The largest absolute Gasteiger partial charge is 0.259 e. The van der Waals surface area contributed by atoms with E-state index in [1.807, 2.05) is 0 Å².